The highest BCUT2D eigenvalue weighted by Crippen LogP contribution is 2.30. The number of carbonyl (C=O) groups excluding carboxylic acids is 2. The Morgan fingerprint density at radius 3 is 2.58 bits per heavy atom. The minimum atomic E-state index is -0.621. The number of nitrogens with zero attached hydrogens (tertiary/aromatic N) is 2. The average Bonchev–Trinajstić information content (AvgIpc) is 2.79. The molecule has 0 radical (unpaired) electrons. The SMILES string of the molecule is COC(=O)c1ccccc1NC(=S)NC(=O)c1ccc(N2CCOCC2)c([N+](=O)[O-])c1. The number of nitrogens with one attached hydrogen (secondary N) is 2. The molecule has 2 N–H and O–H groups in total. The fourth-order valence-corrected chi connectivity index (χ4v) is 3.29. The number of ether oxygens (including phenoxy) is 2. The van der Waals surface area contributed by atoms with Gasteiger partial charge in [-0.2, -0.15) is 0 Å². The van der Waals surface area contributed by atoms with E-state index >= 15 is 0 Å². The molecule has 0 aromatic heterocycles. The zero-order valence-corrected chi connectivity index (χ0v) is 17.4. The van der Waals surface area contributed by atoms with Gasteiger partial charge < -0.3 is 19.7 Å². The molecule has 2 aromatic rings. The maximum Gasteiger partial charge on any atom is 0.339 e. The first-order valence-electron chi connectivity index (χ1n) is 9.31. The molecule has 1 saturated heterocycles. The number of methoxy groups -OCH3 is 1. The summed E-state index contributed by atoms with van der Waals surface area (Å²) in [6.45, 7) is 2.01. The van der Waals surface area contributed by atoms with Crippen LogP contribution in [0.15, 0.2) is 42.5 Å². The van der Waals surface area contributed by atoms with Gasteiger partial charge in [0.15, 0.2) is 5.11 Å². The van der Waals surface area contributed by atoms with Crippen molar-refractivity contribution in [2.75, 3.05) is 43.6 Å². The molecule has 0 spiro atoms. The number of hydrogen-bond acceptors (Lipinski definition) is 8. The van der Waals surface area contributed by atoms with Crippen molar-refractivity contribution in [1.29, 1.82) is 0 Å². The summed E-state index contributed by atoms with van der Waals surface area (Å²) in [7, 11) is 1.26. The summed E-state index contributed by atoms with van der Waals surface area (Å²) in [6.07, 6.45) is 0. The molecule has 1 fully saturated rings. The molecule has 1 amide bonds. The van der Waals surface area contributed by atoms with E-state index in [4.69, 9.17) is 21.7 Å². The third kappa shape index (κ3) is 5.32. The first-order valence-corrected chi connectivity index (χ1v) is 9.72. The molecule has 11 heteroatoms. The molecule has 162 valence electrons. The summed E-state index contributed by atoms with van der Waals surface area (Å²) in [6, 6.07) is 10.8. The molecule has 0 bridgehead atoms. The fourth-order valence-electron chi connectivity index (χ4n) is 3.09. The van der Waals surface area contributed by atoms with Crippen molar-refractivity contribution >= 4 is 46.3 Å². The minimum absolute atomic E-state index is 0.0683. The van der Waals surface area contributed by atoms with Crippen LogP contribution in [0.25, 0.3) is 0 Å². The van der Waals surface area contributed by atoms with E-state index < -0.39 is 16.8 Å². The zero-order valence-electron chi connectivity index (χ0n) is 16.6. The number of morpholine rings is 1. The standard InChI is InChI=1S/C20H20N4O6S/c1-29-19(26)14-4-2-3-5-15(14)21-20(31)22-18(25)13-6-7-16(17(12-13)24(27)28)23-8-10-30-11-9-23/h2-7,12H,8-11H2,1H3,(H2,21,22,25,31). The summed E-state index contributed by atoms with van der Waals surface area (Å²) in [5.74, 6) is -1.18. The van der Waals surface area contributed by atoms with E-state index in [1.807, 2.05) is 4.90 Å². The molecular formula is C20H20N4O6S. The largest absolute Gasteiger partial charge is 0.465 e. The van der Waals surface area contributed by atoms with Crippen molar-refractivity contribution in [3.63, 3.8) is 0 Å². The van der Waals surface area contributed by atoms with Crippen LogP contribution in [0.5, 0.6) is 0 Å². The molecule has 1 aliphatic rings. The quantitative estimate of drug-likeness (QED) is 0.310. The van der Waals surface area contributed by atoms with Crippen LogP contribution in [0.2, 0.25) is 0 Å². The van der Waals surface area contributed by atoms with E-state index in [0.717, 1.165) is 0 Å². The predicted molar refractivity (Wildman–Crippen MR) is 118 cm³/mol. The number of hydrogen-bond donors (Lipinski definition) is 2. The first kappa shape index (κ1) is 22.1. The van der Waals surface area contributed by atoms with Crippen molar-refractivity contribution in [1.82, 2.24) is 5.32 Å². The van der Waals surface area contributed by atoms with Crippen molar-refractivity contribution in [2.45, 2.75) is 0 Å². The highest BCUT2D eigenvalue weighted by molar-refractivity contribution is 7.80. The first-order chi connectivity index (χ1) is 14.9. The number of para-hydroxylation sites is 1. The molecule has 1 aliphatic heterocycles. The Hall–Kier alpha value is -3.57. The van der Waals surface area contributed by atoms with Crippen LogP contribution in [-0.2, 0) is 9.47 Å². The molecule has 0 unspecified atom stereocenters. The van der Waals surface area contributed by atoms with Crippen molar-refractivity contribution in [3.05, 3.63) is 63.7 Å². The lowest BCUT2D eigenvalue weighted by Crippen LogP contribution is -2.37. The number of thiocarbonyl (C=S) groups is 1. The van der Waals surface area contributed by atoms with Gasteiger partial charge >= 0.3 is 5.97 Å². The van der Waals surface area contributed by atoms with Gasteiger partial charge in [-0.1, -0.05) is 12.1 Å². The smallest absolute Gasteiger partial charge is 0.339 e. The summed E-state index contributed by atoms with van der Waals surface area (Å²) in [4.78, 5) is 37.3. The van der Waals surface area contributed by atoms with Crippen molar-refractivity contribution in [3.8, 4) is 0 Å². The van der Waals surface area contributed by atoms with E-state index in [0.29, 0.717) is 37.7 Å². The predicted octanol–water partition coefficient (Wildman–Crippen LogP) is 2.34. The summed E-state index contributed by atoms with van der Waals surface area (Å²) >= 11 is 5.16. The number of esters is 1. The number of carbonyl (C=O) groups is 2. The Balaban J connectivity index is 1.74. The highest BCUT2D eigenvalue weighted by atomic mass is 32.1. The summed E-state index contributed by atoms with van der Waals surface area (Å²) < 4.78 is 10.0. The van der Waals surface area contributed by atoms with Crippen LogP contribution in [-0.4, -0.2) is 55.3 Å². The van der Waals surface area contributed by atoms with E-state index in [1.165, 1.54) is 19.2 Å². The topological polar surface area (TPSA) is 123 Å². The lowest BCUT2D eigenvalue weighted by Gasteiger charge is -2.28. The zero-order chi connectivity index (χ0) is 22.4. The Morgan fingerprint density at radius 2 is 1.90 bits per heavy atom. The lowest BCUT2D eigenvalue weighted by atomic mass is 10.1. The highest BCUT2D eigenvalue weighted by Gasteiger charge is 2.23. The summed E-state index contributed by atoms with van der Waals surface area (Å²) in [5.41, 5.74) is 0.927. The molecule has 2 aromatic carbocycles. The van der Waals surface area contributed by atoms with Crippen LogP contribution >= 0.6 is 12.2 Å². The van der Waals surface area contributed by atoms with Crippen LogP contribution in [0, 0.1) is 10.1 Å². The van der Waals surface area contributed by atoms with Gasteiger partial charge in [-0.3, -0.25) is 20.2 Å². The van der Waals surface area contributed by atoms with Gasteiger partial charge in [0.1, 0.15) is 5.69 Å². The van der Waals surface area contributed by atoms with Crippen LogP contribution < -0.4 is 15.5 Å². The molecular weight excluding hydrogens is 424 g/mol. The maximum atomic E-state index is 12.6. The molecule has 0 saturated carbocycles. The number of benzene rings is 2. The number of anilines is 2. The van der Waals surface area contributed by atoms with E-state index in [2.05, 4.69) is 10.6 Å². The molecule has 31 heavy (non-hydrogen) atoms. The Bertz CT molecular complexity index is 1020. The molecule has 3 rings (SSSR count). The Kier molecular flexibility index (Phi) is 7.11. The minimum Gasteiger partial charge on any atom is -0.465 e. The van der Waals surface area contributed by atoms with Gasteiger partial charge in [0.05, 0.1) is 36.5 Å². The van der Waals surface area contributed by atoms with E-state index in [1.54, 1.807) is 30.3 Å². The molecule has 0 atom stereocenters. The number of amides is 1. The van der Waals surface area contributed by atoms with Gasteiger partial charge in [-0.05, 0) is 36.5 Å². The monoisotopic (exact) mass is 444 g/mol. The second-order valence-corrected chi connectivity index (χ2v) is 6.91. The number of nitro groups is 1. The van der Waals surface area contributed by atoms with Gasteiger partial charge in [0.25, 0.3) is 11.6 Å². The second-order valence-electron chi connectivity index (χ2n) is 6.51. The normalized spacial score (nSPS) is 13.3. The van der Waals surface area contributed by atoms with Crippen molar-refractivity contribution in [2.24, 2.45) is 0 Å². The van der Waals surface area contributed by atoms with Gasteiger partial charge in [0, 0.05) is 24.7 Å². The van der Waals surface area contributed by atoms with Crippen molar-refractivity contribution < 1.29 is 24.0 Å². The van der Waals surface area contributed by atoms with Gasteiger partial charge in [-0.25, -0.2) is 4.79 Å². The van der Waals surface area contributed by atoms with Gasteiger partial charge in [0.2, 0.25) is 0 Å². The lowest BCUT2D eigenvalue weighted by molar-refractivity contribution is -0.384. The number of rotatable bonds is 5. The van der Waals surface area contributed by atoms with Crippen LogP contribution in [0.1, 0.15) is 20.7 Å². The van der Waals surface area contributed by atoms with Crippen LogP contribution in [0.4, 0.5) is 17.1 Å². The fraction of sp³-hybridized carbons (Fsp3) is 0.250. The van der Waals surface area contributed by atoms with Gasteiger partial charge in [-0.15, -0.1) is 0 Å². The molecule has 1 heterocycles. The average molecular weight is 444 g/mol. The molecule has 10 nitrogen and oxygen atoms in total. The van der Waals surface area contributed by atoms with E-state index in [9.17, 15) is 19.7 Å². The Morgan fingerprint density at radius 1 is 1.19 bits per heavy atom. The summed E-state index contributed by atoms with van der Waals surface area (Å²) in [5, 5.41) is 16.7. The second kappa shape index (κ2) is 9.96. The third-order valence-electron chi connectivity index (χ3n) is 4.59. The van der Waals surface area contributed by atoms with E-state index in [-0.39, 0.29) is 21.9 Å². The number of nitro benzene ring substituents is 1. The third-order valence-corrected chi connectivity index (χ3v) is 4.80. The maximum absolute atomic E-state index is 12.6. The molecule has 0 aliphatic carbocycles. The van der Waals surface area contributed by atoms with Crippen LogP contribution in [0.3, 0.4) is 0 Å². The Labute approximate surface area is 183 Å².